The predicted molar refractivity (Wildman–Crippen MR) is 81.7 cm³/mol. The molecular formula is C17H19F2NO6. The Labute approximate surface area is 147 Å². The lowest BCUT2D eigenvalue weighted by Gasteiger charge is -2.58. The monoisotopic (exact) mass is 371 g/mol. The molecule has 2 aliphatic carbocycles. The number of hydrogen-bond acceptors (Lipinski definition) is 5. The molecule has 2 N–H and O–H groups in total. The standard InChI is InChI=1S/C17H19F2NO6/c18-9-4-7-13-15(12(9)19)26-11-3-6(16(22)23)1-2-10(11)20(13)5-8(14(7)21)17(24)25/h5-7,9-13,15H,1-4H2,(H,22,23)(H,24,25). The summed E-state index contributed by atoms with van der Waals surface area (Å²) in [7, 11) is 0. The minimum Gasteiger partial charge on any atom is -0.481 e. The summed E-state index contributed by atoms with van der Waals surface area (Å²) in [6.45, 7) is 0. The van der Waals surface area contributed by atoms with Crippen LogP contribution < -0.4 is 0 Å². The Hall–Kier alpha value is -2.03. The van der Waals surface area contributed by atoms with Crippen molar-refractivity contribution in [2.24, 2.45) is 11.8 Å². The number of carbonyl (C=O) groups is 3. The first-order chi connectivity index (χ1) is 12.3. The first-order valence-corrected chi connectivity index (χ1v) is 8.72. The number of fused-ring (bicyclic) bond motifs is 2. The Bertz CT molecular complexity index is 697. The predicted octanol–water partition coefficient (Wildman–Crippen LogP) is 0.925. The third kappa shape index (κ3) is 2.44. The number of halogens is 2. The lowest BCUT2D eigenvalue weighted by atomic mass is 9.70. The number of morpholine rings is 1. The first kappa shape index (κ1) is 17.4. The number of alkyl halides is 2. The number of ether oxygens (including phenoxy) is 1. The normalized spacial score (nSPS) is 44.6. The van der Waals surface area contributed by atoms with Gasteiger partial charge in [-0.15, -0.1) is 0 Å². The van der Waals surface area contributed by atoms with Crippen LogP contribution >= 0.6 is 0 Å². The van der Waals surface area contributed by atoms with E-state index in [0.717, 1.165) is 0 Å². The summed E-state index contributed by atoms with van der Waals surface area (Å²) in [5, 5.41) is 18.6. The molecule has 0 spiro atoms. The summed E-state index contributed by atoms with van der Waals surface area (Å²) in [5.74, 6) is -4.67. The van der Waals surface area contributed by atoms with Gasteiger partial charge in [-0.05, 0) is 25.7 Å². The maximum absolute atomic E-state index is 14.5. The van der Waals surface area contributed by atoms with E-state index < -0.39 is 65.7 Å². The summed E-state index contributed by atoms with van der Waals surface area (Å²) in [4.78, 5) is 36.9. The SMILES string of the molecule is O=C(O)C1=CN2C3CCC(C(=O)O)CC3OC3C(F)C(F)CC(C1=O)C32. The fourth-order valence-corrected chi connectivity index (χ4v) is 4.93. The van der Waals surface area contributed by atoms with Crippen molar-refractivity contribution in [1.82, 2.24) is 4.90 Å². The van der Waals surface area contributed by atoms with Gasteiger partial charge in [0.25, 0.3) is 0 Å². The second-order valence-corrected chi connectivity index (χ2v) is 7.51. The Kier molecular flexibility index (Phi) is 4.02. The summed E-state index contributed by atoms with van der Waals surface area (Å²) in [6, 6.07) is -1.10. The summed E-state index contributed by atoms with van der Waals surface area (Å²) < 4.78 is 34.5. The van der Waals surface area contributed by atoms with Crippen molar-refractivity contribution in [2.75, 3.05) is 0 Å². The van der Waals surface area contributed by atoms with E-state index in [1.54, 1.807) is 4.90 Å². The Morgan fingerprint density at radius 3 is 2.58 bits per heavy atom. The van der Waals surface area contributed by atoms with Crippen LogP contribution in [0.5, 0.6) is 0 Å². The first-order valence-electron chi connectivity index (χ1n) is 8.72. The maximum Gasteiger partial charge on any atom is 0.340 e. The van der Waals surface area contributed by atoms with Crippen LogP contribution in [0.2, 0.25) is 0 Å². The van der Waals surface area contributed by atoms with E-state index in [2.05, 4.69) is 0 Å². The molecule has 26 heavy (non-hydrogen) atoms. The van der Waals surface area contributed by atoms with Crippen LogP contribution in [-0.4, -0.2) is 69.5 Å². The lowest BCUT2D eigenvalue weighted by molar-refractivity contribution is -0.214. The van der Waals surface area contributed by atoms with E-state index >= 15 is 0 Å². The molecular weight excluding hydrogens is 352 g/mol. The van der Waals surface area contributed by atoms with E-state index in [1.165, 1.54) is 6.20 Å². The zero-order valence-electron chi connectivity index (χ0n) is 13.8. The molecule has 0 aromatic rings. The molecule has 0 bridgehead atoms. The van der Waals surface area contributed by atoms with Gasteiger partial charge in [0.1, 0.15) is 17.8 Å². The Morgan fingerprint density at radius 1 is 1.19 bits per heavy atom. The van der Waals surface area contributed by atoms with Crippen molar-refractivity contribution < 1.29 is 38.1 Å². The molecule has 4 aliphatic rings. The number of aliphatic carboxylic acids is 2. The molecule has 3 fully saturated rings. The van der Waals surface area contributed by atoms with Crippen LogP contribution in [0.15, 0.2) is 11.8 Å². The van der Waals surface area contributed by atoms with Gasteiger partial charge in [-0.1, -0.05) is 0 Å². The number of carboxylic acids is 2. The van der Waals surface area contributed by atoms with Crippen molar-refractivity contribution in [3.63, 3.8) is 0 Å². The van der Waals surface area contributed by atoms with E-state index in [1.807, 2.05) is 0 Å². The number of carboxylic acid groups (broad SMARTS) is 2. The van der Waals surface area contributed by atoms with Gasteiger partial charge < -0.3 is 19.8 Å². The topological polar surface area (TPSA) is 104 Å². The van der Waals surface area contributed by atoms with Gasteiger partial charge in [0.15, 0.2) is 12.0 Å². The highest BCUT2D eigenvalue weighted by molar-refractivity contribution is 6.18. The van der Waals surface area contributed by atoms with Crippen molar-refractivity contribution in [3.05, 3.63) is 11.8 Å². The van der Waals surface area contributed by atoms with E-state index in [9.17, 15) is 33.4 Å². The van der Waals surface area contributed by atoms with Gasteiger partial charge in [0.05, 0.1) is 24.1 Å². The van der Waals surface area contributed by atoms with Gasteiger partial charge in [0.2, 0.25) is 0 Å². The molecule has 7 nitrogen and oxygen atoms in total. The summed E-state index contributed by atoms with van der Waals surface area (Å²) >= 11 is 0. The molecule has 142 valence electrons. The van der Waals surface area contributed by atoms with Gasteiger partial charge in [-0.2, -0.15) is 0 Å². The van der Waals surface area contributed by atoms with E-state index in [-0.39, 0.29) is 18.9 Å². The molecule has 4 rings (SSSR count). The highest BCUT2D eigenvalue weighted by atomic mass is 19.2. The van der Waals surface area contributed by atoms with Crippen LogP contribution in [0.25, 0.3) is 0 Å². The molecule has 2 saturated carbocycles. The molecule has 0 radical (unpaired) electrons. The quantitative estimate of drug-likeness (QED) is 0.696. The molecule has 0 amide bonds. The number of ketones is 1. The van der Waals surface area contributed by atoms with Crippen LogP contribution in [0.1, 0.15) is 25.7 Å². The molecule has 0 aromatic carbocycles. The minimum atomic E-state index is -1.93. The number of rotatable bonds is 2. The van der Waals surface area contributed by atoms with Crippen LogP contribution in [0, 0.1) is 11.8 Å². The van der Waals surface area contributed by atoms with Crippen LogP contribution in [0.4, 0.5) is 8.78 Å². The summed E-state index contributed by atoms with van der Waals surface area (Å²) in [6.07, 6.45) is -3.90. The molecule has 9 heteroatoms. The molecule has 0 aromatic heterocycles. The third-order valence-corrected chi connectivity index (χ3v) is 6.16. The van der Waals surface area contributed by atoms with Crippen molar-refractivity contribution in [1.29, 1.82) is 0 Å². The second-order valence-electron chi connectivity index (χ2n) is 7.51. The minimum absolute atomic E-state index is 0.151. The summed E-state index contributed by atoms with van der Waals surface area (Å²) in [5.41, 5.74) is -0.435. The largest absolute Gasteiger partial charge is 0.481 e. The number of nitrogens with zero attached hydrogens (tertiary/aromatic N) is 1. The molecule has 2 aliphatic heterocycles. The van der Waals surface area contributed by atoms with Gasteiger partial charge >= 0.3 is 11.9 Å². The zero-order valence-corrected chi connectivity index (χ0v) is 13.8. The number of carbonyl (C=O) groups excluding carboxylic acids is 1. The fourth-order valence-electron chi connectivity index (χ4n) is 4.93. The maximum atomic E-state index is 14.5. The second kappa shape index (κ2) is 6.00. The van der Waals surface area contributed by atoms with Gasteiger partial charge in [-0.25, -0.2) is 13.6 Å². The van der Waals surface area contributed by atoms with Gasteiger partial charge in [-0.3, -0.25) is 9.59 Å². The van der Waals surface area contributed by atoms with Crippen LogP contribution in [0.3, 0.4) is 0 Å². The van der Waals surface area contributed by atoms with Crippen LogP contribution in [-0.2, 0) is 19.1 Å². The molecule has 8 atom stereocenters. The molecule has 2 heterocycles. The number of Topliss-reactive ketones (excluding diaryl/α,β-unsaturated/α-hetero) is 1. The highest BCUT2D eigenvalue weighted by Gasteiger charge is 2.59. The lowest BCUT2D eigenvalue weighted by Crippen LogP contribution is -2.70. The van der Waals surface area contributed by atoms with Crippen molar-refractivity contribution >= 4 is 17.7 Å². The van der Waals surface area contributed by atoms with Gasteiger partial charge in [0, 0.05) is 12.1 Å². The smallest absolute Gasteiger partial charge is 0.340 e. The molecule has 8 unspecified atom stereocenters. The van der Waals surface area contributed by atoms with Crippen molar-refractivity contribution in [3.8, 4) is 0 Å². The highest BCUT2D eigenvalue weighted by Crippen LogP contribution is 2.46. The van der Waals surface area contributed by atoms with Crippen molar-refractivity contribution in [2.45, 2.75) is 62.3 Å². The third-order valence-electron chi connectivity index (χ3n) is 6.16. The average molecular weight is 371 g/mol. The Balaban J connectivity index is 1.74. The Morgan fingerprint density at radius 2 is 1.92 bits per heavy atom. The van der Waals surface area contributed by atoms with E-state index in [0.29, 0.717) is 12.8 Å². The fraction of sp³-hybridized carbons (Fsp3) is 0.706. The molecule has 1 saturated heterocycles. The zero-order chi connectivity index (χ0) is 18.7. The van der Waals surface area contributed by atoms with E-state index in [4.69, 9.17) is 4.74 Å². The average Bonchev–Trinajstić information content (AvgIpc) is 2.60. The number of hydrogen-bond donors (Lipinski definition) is 2.